The average Bonchev–Trinajstić information content (AvgIpc) is 3.28. The quantitative estimate of drug-likeness (QED) is 0.400. The average molecular weight is 470 g/mol. The molecular weight excluding hydrogens is 453 g/mol. The maximum atomic E-state index is 12.7. The fraction of sp³-hybridized carbons (Fsp3) is 0.136. The maximum Gasteiger partial charge on any atom is 0.416 e. The van der Waals surface area contributed by atoms with Gasteiger partial charge >= 0.3 is 6.18 Å². The highest BCUT2D eigenvalue weighted by molar-refractivity contribution is 7.15. The van der Waals surface area contributed by atoms with Gasteiger partial charge in [-0.15, -0.1) is 0 Å². The van der Waals surface area contributed by atoms with Gasteiger partial charge in [-0.3, -0.25) is 9.78 Å². The van der Waals surface area contributed by atoms with Gasteiger partial charge in [0.15, 0.2) is 5.13 Å². The van der Waals surface area contributed by atoms with Crippen molar-refractivity contribution in [3.8, 4) is 11.3 Å². The normalized spacial score (nSPS) is 12.2. The van der Waals surface area contributed by atoms with E-state index in [1.807, 2.05) is 6.07 Å². The van der Waals surface area contributed by atoms with Crippen LogP contribution in [0.3, 0.4) is 0 Å². The zero-order valence-electron chi connectivity index (χ0n) is 17.2. The molecule has 1 amide bonds. The number of thiazole rings is 1. The summed E-state index contributed by atoms with van der Waals surface area (Å²) in [7, 11) is 0. The van der Waals surface area contributed by atoms with Crippen LogP contribution in [0.25, 0.3) is 11.3 Å². The van der Waals surface area contributed by atoms with Crippen LogP contribution in [-0.4, -0.2) is 25.8 Å². The number of hydrogen-bond donors (Lipinski definition) is 2. The Morgan fingerprint density at radius 3 is 2.55 bits per heavy atom. The van der Waals surface area contributed by atoms with E-state index in [1.54, 1.807) is 37.6 Å². The third-order valence-electron chi connectivity index (χ3n) is 4.62. The second kappa shape index (κ2) is 9.33. The third-order valence-corrected chi connectivity index (χ3v) is 5.71. The van der Waals surface area contributed by atoms with E-state index < -0.39 is 11.7 Å². The van der Waals surface area contributed by atoms with Gasteiger partial charge in [0.05, 0.1) is 17.3 Å². The molecule has 0 saturated heterocycles. The predicted molar refractivity (Wildman–Crippen MR) is 118 cm³/mol. The van der Waals surface area contributed by atoms with Gasteiger partial charge in [-0.05, 0) is 49.4 Å². The minimum absolute atomic E-state index is 0.211. The highest BCUT2D eigenvalue weighted by Crippen LogP contribution is 2.31. The predicted octanol–water partition coefficient (Wildman–Crippen LogP) is 5.25. The topological polar surface area (TPSA) is 92.7 Å². The van der Waals surface area contributed by atoms with Crippen molar-refractivity contribution in [3.63, 3.8) is 0 Å². The molecule has 3 aromatic heterocycles. The van der Waals surface area contributed by atoms with Crippen molar-refractivity contribution in [1.29, 1.82) is 0 Å². The van der Waals surface area contributed by atoms with Gasteiger partial charge in [0.1, 0.15) is 12.0 Å². The minimum Gasteiger partial charge on any atom is -0.343 e. The van der Waals surface area contributed by atoms with Crippen molar-refractivity contribution >= 4 is 28.1 Å². The molecule has 1 unspecified atom stereocenters. The monoisotopic (exact) mass is 470 g/mol. The fourth-order valence-electron chi connectivity index (χ4n) is 2.91. The van der Waals surface area contributed by atoms with E-state index >= 15 is 0 Å². The summed E-state index contributed by atoms with van der Waals surface area (Å²) in [6, 6.07) is 9.51. The molecule has 2 N–H and O–H groups in total. The lowest BCUT2D eigenvalue weighted by molar-refractivity contribution is -0.137. The largest absolute Gasteiger partial charge is 0.416 e. The first-order valence-electron chi connectivity index (χ1n) is 9.73. The van der Waals surface area contributed by atoms with Crippen LogP contribution in [0.4, 0.5) is 24.0 Å². The first-order chi connectivity index (χ1) is 15.8. The van der Waals surface area contributed by atoms with E-state index in [4.69, 9.17) is 0 Å². The van der Waals surface area contributed by atoms with Crippen LogP contribution in [0.5, 0.6) is 0 Å². The number of carbonyl (C=O) groups is 1. The molecule has 7 nitrogen and oxygen atoms in total. The highest BCUT2D eigenvalue weighted by Gasteiger charge is 2.30. The summed E-state index contributed by atoms with van der Waals surface area (Å²) >= 11 is 1.28. The lowest BCUT2D eigenvalue weighted by Gasteiger charge is -2.11. The molecule has 0 aliphatic heterocycles. The van der Waals surface area contributed by atoms with Crippen LogP contribution in [0, 0.1) is 0 Å². The van der Waals surface area contributed by atoms with Crippen LogP contribution in [0.2, 0.25) is 0 Å². The van der Waals surface area contributed by atoms with Crippen LogP contribution >= 0.6 is 11.3 Å². The van der Waals surface area contributed by atoms with Gasteiger partial charge in [0.2, 0.25) is 0 Å². The molecule has 0 radical (unpaired) electrons. The zero-order chi connectivity index (χ0) is 23.4. The van der Waals surface area contributed by atoms with Gasteiger partial charge in [-0.2, -0.15) is 13.2 Å². The van der Waals surface area contributed by atoms with Crippen molar-refractivity contribution in [1.82, 2.24) is 25.3 Å². The Balaban J connectivity index is 1.40. The number of pyridine rings is 1. The van der Waals surface area contributed by atoms with Gasteiger partial charge in [-0.1, -0.05) is 11.3 Å². The number of nitrogens with zero attached hydrogens (tertiary/aromatic N) is 4. The summed E-state index contributed by atoms with van der Waals surface area (Å²) in [5.74, 6) is -0.374. The van der Waals surface area contributed by atoms with Crippen LogP contribution in [0.1, 0.15) is 33.9 Å². The summed E-state index contributed by atoms with van der Waals surface area (Å²) in [4.78, 5) is 30.0. The molecule has 1 atom stereocenters. The second-order valence-electron chi connectivity index (χ2n) is 6.99. The van der Waals surface area contributed by atoms with E-state index in [2.05, 4.69) is 30.6 Å². The van der Waals surface area contributed by atoms with Crippen LogP contribution in [-0.2, 0) is 6.18 Å². The third kappa shape index (κ3) is 5.50. The van der Waals surface area contributed by atoms with E-state index in [-0.39, 0.29) is 17.6 Å². The summed E-state index contributed by atoms with van der Waals surface area (Å²) in [6.07, 6.45) is 1.83. The van der Waals surface area contributed by atoms with Gasteiger partial charge in [-0.25, -0.2) is 15.0 Å². The number of benzene rings is 1. The van der Waals surface area contributed by atoms with Crippen molar-refractivity contribution < 1.29 is 18.0 Å². The number of rotatable bonds is 6. The lowest BCUT2D eigenvalue weighted by atomic mass is 10.2. The van der Waals surface area contributed by atoms with E-state index in [0.29, 0.717) is 16.5 Å². The number of nitrogens with one attached hydrogen (secondary N) is 2. The molecule has 0 aliphatic carbocycles. The molecule has 0 aliphatic rings. The highest BCUT2D eigenvalue weighted by atomic mass is 32.1. The molecule has 1 aromatic carbocycles. The van der Waals surface area contributed by atoms with E-state index in [1.165, 1.54) is 29.8 Å². The maximum absolute atomic E-state index is 12.7. The summed E-state index contributed by atoms with van der Waals surface area (Å²) in [6.45, 7) is 1.80. The van der Waals surface area contributed by atoms with E-state index in [0.717, 1.165) is 22.6 Å². The fourth-order valence-corrected chi connectivity index (χ4v) is 3.74. The SMILES string of the molecule is CC(NC(=O)c1cc(-c2cccnc2)ncn1)c1cnc(Nc2ccc(C(F)(F)F)cc2)s1. The molecule has 0 spiro atoms. The number of aromatic nitrogens is 4. The smallest absolute Gasteiger partial charge is 0.343 e. The second-order valence-corrected chi connectivity index (χ2v) is 8.06. The molecule has 4 aromatic rings. The zero-order valence-corrected chi connectivity index (χ0v) is 18.0. The van der Waals surface area contributed by atoms with Gasteiger partial charge in [0, 0.05) is 34.7 Å². The molecule has 33 heavy (non-hydrogen) atoms. The Kier molecular flexibility index (Phi) is 6.31. The molecular formula is C22H17F3N6OS. The Hall–Kier alpha value is -3.86. The van der Waals surface area contributed by atoms with Crippen molar-refractivity contribution in [2.45, 2.75) is 19.1 Å². The van der Waals surface area contributed by atoms with Gasteiger partial charge in [0.25, 0.3) is 5.91 Å². The van der Waals surface area contributed by atoms with E-state index in [9.17, 15) is 18.0 Å². The summed E-state index contributed by atoms with van der Waals surface area (Å²) in [5, 5.41) is 6.33. The Bertz CT molecular complexity index is 1240. The van der Waals surface area contributed by atoms with Crippen molar-refractivity contribution in [2.24, 2.45) is 0 Å². The lowest BCUT2D eigenvalue weighted by Crippen LogP contribution is -2.27. The van der Waals surface area contributed by atoms with Gasteiger partial charge < -0.3 is 10.6 Å². The number of amides is 1. The standard InChI is InChI=1S/C22H17F3N6OS/c1-13(30-20(32)18-9-17(28-12-29-18)14-3-2-8-26-10-14)19-11-27-21(33-19)31-16-6-4-15(5-7-16)22(23,24)25/h2-13H,1H3,(H,27,31)(H,30,32). The summed E-state index contributed by atoms with van der Waals surface area (Å²) in [5.41, 5.74) is 1.31. The van der Waals surface area contributed by atoms with Crippen LogP contribution < -0.4 is 10.6 Å². The number of anilines is 2. The molecule has 3 heterocycles. The number of hydrogen-bond acceptors (Lipinski definition) is 7. The molecule has 11 heteroatoms. The van der Waals surface area contributed by atoms with Crippen molar-refractivity contribution in [2.75, 3.05) is 5.32 Å². The number of carbonyl (C=O) groups excluding carboxylic acids is 1. The Morgan fingerprint density at radius 1 is 1.06 bits per heavy atom. The molecule has 0 saturated carbocycles. The Labute approximate surface area is 190 Å². The molecule has 168 valence electrons. The Morgan fingerprint density at radius 2 is 1.85 bits per heavy atom. The summed E-state index contributed by atoms with van der Waals surface area (Å²) < 4.78 is 38.1. The van der Waals surface area contributed by atoms with Crippen LogP contribution in [0.15, 0.2) is 67.4 Å². The molecule has 0 fully saturated rings. The minimum atomic E-state index is -4.39. The number of alkyl halides is 3. The first kappa shape index (κ1) is 22.3. The first-order valence-corrected chi connectivity index (χ1v) is 10.5. The molecule has 4 rings (SSSR count). The van der Waals surface area contributed by atoms with Crippen molar-refractivity contribution in [3.05, 3.63) is 83.5 Å². The number of halogens is 3. The molecule has 0 bridgehead atoms.